The Bertz CT molecular complexity index is 610. The molecule has 0 spiro atoms. The van der Waals surface area contributed by atoms with E-state index in [4.69, 9.17) is 0 Å². The minimum Gasteiger partial charge on any atom is -0.387 e. The topological polar surface area (TPSA) is 76.1 Å². The van der Waals surface area contributed by atoms with E-state index in [0.29, 0.717) is 19.6 Å². The predicted octanol–water partition coefficient (Wildman–Crippen LogP) is 0.278. The van der Waals surface area contributed by atoms with Crippen LogP contribution in [0.1, 0.15) is 18.6 Å². The van der Waals surface area contributed by atoms with Crippen LogP contribution in [0.15, 0.2) is 30.3 Å². The molecule has 2 aliphatic rings. The number of β-amino-alcohol motifs (C(OH)–C–C–N with tert-alkyl or cyclic N) is 1. The average Bonchev–Trinajstić information content (AvgIpc) is 3.04. The third-order valence-corrected chi connectivity index (χ3v) is 4.96. The first kappa shape index (κ1) is 17.8. The normalized spacial score (nSPS) is 23.5. The van der Waals surface area contributed by atoms with E-state index in [2.05, 4.69) is 22.0 Å². The molecule has 136 valence electrons. The summed E-state index contributed by atoms with van der Waals surface area (Å²) in [7, 11) is 0. The summed E-state index contributed by atoms with van der Waals surface area (Å²) < 4.78 is 0. The molecule has 2 unspecified atom stereocenters. The van der Waals surface area contributed by atoms with Crippen molar-refractivity contribution in [2.45, 2.75) is 19.1 Å². The monoisotopic (exact) mass is 346 g/mol. The highest BCUT2D eigenvalue weighted by molar-refractivity contribution is 5.96. The molecule has 0 bridgehead atoms. The molecule has 1 aromatic carbocycles. The van der Waals surface area contributed by atoms with Crippen LogP contribution in [-0.4, -0.2) is 83.6 Å². The lowest BCUT2D eigenvalue weighted by molar-refractivity contribution is -0.129. The number of imide groups is 1. The molecule has 2 fully saturated rings. The minimum atomic E-state index is -0.509. The van der Waals surface area contributed by atoms with Crippen LogP contribution in [-0.2, 0) is 4.79 Å². The lowest BCUT2D eigenvalue weighted by Gasteiger charge is -2.40. The first-order valence-corrected chi connectivity index (χ1v) is 8.82. The summed E-state index contributed by atoms with van der Waals surface area (Å²) in [5.41, 5.74) is 0.923. The molecule has 0 aliphatic carbocycles. The number of amides is 3. The molecule has 3 amide bonds. The maximum absolute atomic E-state index is 12.2. The maximum atomic E-state index is 12.2. The van der Waals surface area contributed by atoms with Crippen LogP contribution < -0.4 is 5.32 Å². The van der Waals surface area contributed by atoms with Crippen molar-refractivity contribution in [1.82, 2.24) is 20.0 Å². The highest BCUT2D eigenvalue weighted by atomic mass is 16.3. The lowest BCUT2D eigenvalue weighted by atomic mass is 10.1. The van der Waals surface area contributed by atoms with Crippen molar-refractivity contribution in [1.29, 1.82) is 0 Å². The first-order chi connectivity index (χ1) is 12.0. The molecule has 3 rings (SSSR count). The van der Waals surface area contributed by atoms with Crippen molar-refractivity contribution in [2.24, 2.45) is 0 Å². The number of carbonyl (C=O) groups is 2. The van der Waals surface area contributed by atoms with Gasteiger partial charge in [0.05, 0.1) is 12.6 Å². The van der Waals surface area contributed by atoms with Crippen LogP contribution in [0.4, 0.5) is 4.79 Å². The van der Waals surface area contributed by atoms with Gasteiger partial charge in [0.15, 0.2) is 0 Å². The van der Waals surface area contributed by atoms with Crippen LogP contribution in [0.25, 0.3) is 0 Å². The van der Waals surface area contributed by atoms with E-state index >= 15 is 0 Å². The summed E-state index contributed by atoms with van der Waals surface area (Å²) in [6.07, 6.45) is -0.509. The van der Waals surface area contributed by atoms with E-state index in [1.165, 1.54) is 4.90 Å². The first-order valence-electron chi connectivity index (χ1n) is 8.82. The number of rotatable bonds is 5. The molecule has 2 N–H and O–H groups in total. The van der Waals surface area contributed by atoms with Gasteiger partial charge in [0.2, 0.25) is 5.91 Å². The summed E-state index contributed by atoms with van der Waals surface area (Å²) >= 11 is 0. The summed E-state index contributed by atoms with van der Waals surface area (Å²) in [5, 5.41) is 13.1. The number of hydrogen-bond donors (Lipinski definition) is 2. The maximum Gasteiger partial charge on any atom is 0.324 e. The third-order valence-electron chi connectivity index (χ3n) is 4.96. The van der Waals surface area contributed by atoms with Gasteiger partial charge in [-0.05, 0) is 12.5 Å². The van der Waals surface area contributed by atoms with Gasteiger partial charge in [-0.15, -0.1) is 0 Å². The number of carbonyl (C=O) groups excluding carboxylic acids is 2. The van der Waals surface area contributed by atoms with Gasteiger partial charge in [-0.25, -0.2) is 4.79 Å². The van der Waals surface area contributed by atoms with Crippen molar-refractivity contribution in [2.75, 3.05) is 45.8 Å². The Hall–Kier alpha value is -1.96. The molecular formula is C18H26N4O3. The fourth-order valence-electron chi connectivity index (χ4n) is 3.47. The Balaban J connectivity index is 1.49. The number of nitrogens with one attached hydrogen (secondary N) is 1. The average molecular weight is 346 g/mol. The van der Waals surface area contributed by atoms with E-state index < -0.39 is 6.10 Å². The zero-order valence-electron chi connectivity index (χ0n) is 14.6. The van der Waals surface area contributed by atoms with Gasteiger partial charge >= 0.3 is 6.03 Å². The fourth-order valence-corrected chi connectivity index (χ4v) is 3.47. The summed E-state index contributed by atoms with van der Waals surface area (Å²) in [5.74, 6) is -0.139. The quantitative estimate of drug-likeness (QED) is 0.801. The largest absolute Gasteiger partial charge is 0.387 e. The fraction of sp³-hybridized carbons (Fsp3) is 0.556. The lowest BCUT2D eigenvalue weighted by Crippen LogP contribution is -2.55. The zero-order chi connectivity index (χ0) is 17.8. The van der Waals surface area contributed by atoms with Gasteiger partial charge in [0.25, 0.3) is 0 Å². The Morgan fingerprint density at radius 3 is 2.68 bits per heavy atom. The second kappa shape index (κ2) is 7.95. The number of nitrogens with zero attached hydrogens (tertiary/aromatic N) is 3. The van der Waals surface area contributed by atoms with Gasteiger partial charge in [-0.1, -0.05) is 30.3 Å². The molecule has 2 atom stereocenters. The van der Waals surface area contributed by atoms with Crippen LogP contribution >= 0.6 is 0 Å². The minimum absolute atomic E-state index is 0.139. The second-order valence-corrected chi connectivity index (χ2v) is 6.78. The molecule has 2 heterocycles. The van der Waals surface area contributed by atoms with Gasteiger partial charge in [-0.3, -0.25) is 19.5 Å². The van der Waals surface area contributed by atoms with Crippen LogP contribution in [0, 0.1) is 0 Å². The standard InChI is InChI=1S/C18H26N4O3/c1-14-11-20(13-17(24)22-8-7-19-18(22)25)9-10-21(14)12-16(23)15-5-3-2-4-6-15/h2-6,14,16,23H,7-13H2,1H3,(H,19,25). The van der Waals surface area contributed by atoms with Gasteiger partial charge in [0, 0.05) is 45.3 Å². The van der Waals surface area contributed by atoms with Crippen molar-refractivity contribution in [3.05, 3.63) is 35.9 Å². The number of benzene rings is 1. The van der Waals surface area contributed by atoms with E-state index in [-0.39, 0.29) is 24.5 Å². The molecule has 0 aromatic heterocycles. The molecule has 0 radical (unpaired) electrons. The van der Waals surface area contributed by atoms with Crippen LogP contribution in [0.3, 0.4) is 0 Å². The predicted molar refractivity (Wildman–Crippen MR) is 94.0 cm³/mol. The molecule has 7 heteroatoms. The Morgan fingerprint density at radius 2 is 2.04 bits per heavy atom. The zero-order valence-corrected chi connectivity index (χ0v) is 14.6. The second-order valence-electron chi connectivity index (χ2n) is 6.78. The number of piperazine rings is 1. The van der Waals surface area contributed by atoms with E-state index in [1.54, 1.807) is 0 Å². The van der Waals surface area contributed by atoms with Crippen LogP contribution in [0.2, 0.25) is 0 Å². The summed E-state index contributed by atoms with van der Waals surface area (Å²) in [6.45, 7) is 6.26. The number of aliphatic hydroxyl groups excluding tert-OH is 1. The van der Waals surface area contributed by atoms with Gasteiger partial charge in [-0.2, -0.15) is 0 Å². The van der Waals surface area contributed by atoms with Crippen molar-refractivity contribution in [3.63, 3.8) is 0 Å². The summed E-state index contributed by atoms with van der Waals surface area (Å²) in [4.78, 5) is 29.4. The van der Waals surface area contributed by atoms with Crippen molar-refractivity contribution >= 4 is 11.9 Å². The smallest absolute Gasteiger partial charge is 0.324 e. The van der Waals surface area contributed by atoms with Crippen molar-refractivity contribution in [3.8, 4) is 0 Å². The Morgan fingerprint density at radius 1 is 1.28 bits per heavy atom. The van der Waals surface area contributed by atoms with Crippen LogP contribution in [0.5, 0.6) is 0 Å². The van der Waals surface area contributed by atoms with Crippen molar-refractivity contribution < 1.29 is 14.7 Å². The van der Waals surface area contributed by atoms with Gasteiger partial charge in [0.1, 0.15) is 0 Å². The van der Waals surface area contributed by atoms with Gasteiger partial charge < -0.3 is 10.4 Å². The highest BCUT2D eigenvalue weighted by Crippen LogP contribution is 2.18. The number of urea groups is 1. The molecule has 2 saturated heterocycles. The molecule has 0 saturated carbocycles. The van der Waals surface area contributed by atoms with E-state index in [9.17, 15) is 14.7 Å². The highest BCUT2D eigenvalue weighted by Gasteiger charge is 2.30. The molecule has 1 aromatic rings. The molecule has 7 nitrogen and oxygen atoms in total. The third kappa shape index (κ3) is 4.36. The Labute approximate surface area is 148 Å². The SMILES string of the molecule is CC1CN(CC(=O)N2CCNC2=O)CCN1CC(O)c1ccccc1. The molecule has 25 heavy (non-hydrogen) atoms. The molecule has 2 aliphatic heterocycles. The number of hydrogen-bond acceptors (Lipinski definition) is 5. The van der Waals surface area contributed by atoms with E-state index in [0.717, 1.165) is 25.2 Å². The molecular weight excluding hydrogens is 320 g/mol. The van der Waals surface area contributed by atoms with E-state index in [1.807, 2.05) is 30.3 Å². The summed E-state index contributed by atoms with van der Waals surface area (Å²) in [6, 6.07) is 9.63. The number of aliphatic hydroxyl groups is 1. The Kier molecular flexibility index (Phi) is 5.67.